The summed E-state index contributed by atoms with van der Waals surface area (Å²) in [5.41, 5.74) is 3.85. The molecule has 3 aromatic rings. The van der Waals surface area contributed by atoms with Crippen molar-refractivity contribution in [3.05, 3.63) is 54.2 Å². The van der Waals surface area contributed by atoms with Crippen molar-refractivity contribution >= 4 is 23.2 Å². The SMILES string of the molecule is O=C(C[C@@H]1CN2CCC1CC2)c1n[nH]c2cc(-c3ccccc3)ccc12.O=CO. The summed E-state index contributed by atoms with van der Waals surface area (Å²) >= 11 is 0. The van der Waals surface area contributed by atoms with Gasteiger partial charge in [0.05, 0.1) is 5.52 Å². The molecule has 3 saturated heterocycles. The van der Waals surface area contributed by atoms with E-state index in [1.54, 1.807) is 0 Å². The van der Waals surface area contributed by atoms with Gasteiger partial charge in [-0.25, -0.2) is 0 Å². The number of hydrogen-bond acceptors (Lipinski definition) is 4. The lowest BCUT2D eigenvalue weighted by atomic mass is 9.76. The predicted octanol–water partition coefficient (Wildman–Crippen LogP) is 3.85. The minimum absolute atomic E-state index is 0.183. The third-order valence-electron chi connectivity index (χ3n) is 6.17. The standard InChI is InChI=1S/C22H23N3O.CH2O2/c26-21(13-18-14-25-10-8-16(18)9-11-25)22-19-7-6-17(12-20(19)23-24-22)15-4-2-1-3-5-15;2-1-3/h1-7,12,16,18H,8-11,13-14H2,(H,23,24);1H,(H,2,3)/t18-;/m1./s1. The molecule has 0 saturated carbocycles. The Balaban J connectivity index is 0.000000645. The van der Waals surface area contributed by atoms with Crippen molar-refractivity contribution in [3.8, 4) is 11.1 Å². The van der Waals surface area contributed by atoms with E-state index in [1.165, 1.54) is 31.5 Å². The maximum absolute atomic E-state index is 12.9. The molecule has 3 aliphatic heterocycles. The van der Waals surface area contributed by atoms with Gasteiger partial charge in [0.2, 0.25) is 0 Å². The van der Waals surface area contributed by atoms with Crippen LogP contribution in [0, 0.1) is 11.8 Å². The maximum Gasteiger partial charge on any atom is 0.290 e. The molecule has 6 heteroatoms. The number of hydrogen-bond donors (Lipinski definition) is 2. The van der Waals surface area contributed by atoms with E-state index in [1.807, 2.05) is 24.3 Å². The second-order valence-corrected chi connectivity index (χ2v) is 7.83. The Bertz CT molecular complexity index is 991. The zero-order chi connectivity index (χ0) is 20.2. The highest BCUT2D eigenvalue weighted by molar-refractivity contribution is 6.06. The van der Waals surface area contributed by atoms with Crippen molar-refractivity contribution in [2.45, 2.75) is 19.3 Å². The fraction of sp³-hybridized carbons (Fsp3) is 0.348. The van der Waals surface area contributed by atoms with Crippen molar-refractivity contribution < 1.29 is 14.7 Å². The van der Waals surface area contributed by atoms with Crippen LogP contribution in [0.4, 0.5) is 0 Å². The molecule has 0 spiro atoms. The van der Waals surface area contributed by atoms with E-state index in [9.17, 15) is 4.79 Å². The molecular weight excluding hydrogens is 366 g/mol. The van der Waals surface area contributed by atoms with Crippen LogP contribution in [0.25, 0.3) is 22.0 Å². The first-order valence-corrected chi connectivity index (χ1v) is 10.1. The summed E-state index contributed by atoms with van der Waals surface area (Å²) in [6, 6.07) is 16.5. The number of carbonyl (C=O) groups excluding carboxylic acids is 1. The van der Waals surface area contributed by atoms with Gasteiger partial charge in [-0.05, 0) is 61.0 Å². The van der Waals surface area contributed by atoms with Crippen LogP contribution >= 0.6 is 0 Å². The van der Waals surface area contributed by atoms with Crippen molar-refractivity contribution in [3.63, 3.8) is 0 Å². The number of H-pyrrole nitrogens is 1. The van der Waals surface area contributed by atoms with Gasteiger partial charge >= 0.3 is 0 Å². The average Bonchev–Trinajstić information content (AvgIpc) is 3.19. The lowest BCUT2D eigenvalue weighted by molar-refractivity contribution is -0.122. The Morgan fingerprint density at radius 1 is 1.14 bits per heavy atom. The molecule has 2 aromatic carbocycles. The highest BCUT2D eigenvalue weighted by Gasteiger charge is 2.35. The fourth-order valence-corrected chi connectivity index (χ4v) is 4.70. The molecule has 0 unspecified atom stereocenters. The van der Waals surface area contributed by atoms with E-state index in [0.29, 0.717) is 18.0 Å². The lowest BCUT2D eigenvalue weighted by Crippen LogP contribution is -2.47. The van der Waals surface area contributed by atoms with Crippen LogP contribution < -0.4 is 0 Å². The van der Waals surface area contributed by atoms with Gasteiger partial charge in [-0.3, -0.25) is 14.7 Å². The van der Waals surface area contributed by atoms with Gasteiger partial charge < -0.3 is 10.0 Å². The number of rotatable bonds is 4. The topological polar surface area (TPSA) is 86.3 Å². The van der Waals surface area contributed by atoms with E-state index in [-0.39, 0.29) is 12.3 Å². The van der Waals surface area contributed by atoms with Gasteiger partial charge in [0.15, 0.2) is 5.78 Å². The minimum atomic E-state index is -0.250. The molecule has 29 heavy (non-hydrogen) atoms. The normalized spacial score (nSPS) is 22.7. The van der Waals surface area contributed by atoms with E-state index in [4.69, 9.17) is 9.90 Å². The number of benzene rings is 2. The van der Waals surface area contributed by atoms with E-state index in [0.717, 1.165) is 28.9 Å². The van der Waals surface area contributed by atoms with Gasteiger partial charge in [0.1, 0.15) is 5.69 Å². The smallest absolute Gasteiger partial charge is 0.290 e. The van der Waals surface area contributed by atoms with E-state index >= 15 is 0 Å². The van der Waals surface area contributed by atoms with E-state index < -0.39 is 0 Å². The maximum atomic E-state index is 12.9. The third-order valence-corrected chi connectivity index (χ3v) is 6.17. The Hall–Kier alpha value is -2.99. The summed E-state index contributed by atoms with van der Waals surface area (Å²) in [5, 5.41) is 15.3. The Morgan fingerprint density at radius 2 is 1.86 bits per heavy atom. The molecular formula is C23H25N3O3. The van der Waals surface area contributed by atoms with E-state index in [2.05, 4.69) is 39.4 Å². The van der Waals surface area contributed by atoms with Gasteiger partial charge in [-0.15, -0.1) is 0 Å². The molecule has 0 radical (unpaired) electrons. The molecule has 1 aromatic heterocycles. The summed E-state index contributed by atoms with van der Waals surface area (Å²) in [7, 11) is 0. The molecule has 1 atom stereocenters. The number of nitrogens with zero attached hydrogens (tertiary/aromatic N) is 2. The Morgan fingerprint density at radius 3 is 2.52 bits per heavy atom. The number of carbonyl (C=O) groups is 2. The van der Waals surface area contributed by atoms with Crippen LogP contribution in [-0.4, -0.2) is 52.1 Å². The van der Waals surface area contributed by atoms with Crippen molar-refractivity contribution in [2.75, 3.05) is 19.6 Å². The van der Waals surface area contributed by atoms with Crippen molar-refractivity contribution in [1.82, 2.24) is 15.1 Å². The quantitative estimate of drug-likeness (QED) is 0.521. The molecule has 6 rings (SSSR count). The zero-order valence-electron chi connectivity index (χ0n) is 16.3. The molecule has 3 fully saturated rings. The number of fused-ring (bicyclic) bond motifs is 4. The van der Waals surface area contributed by atoms with Crippen LogP contribution in [0.1, 0.15) is 29.8 Å². The summed E-state index contributed by atoms with van der Waals surface area (Å²) in [5.74, 6) is 1.40. The zero-order valence-corrected chi connectivity index (χ0v) is 16.3. The summed E-state index contributed by atoms with van der Waals surface area (Å²) in [6.07, 6.45) is 3.13. The molecule has 4 heterocycles. The number of Topliss-reactive ketones (excluding diaryl/α,β-unsaturated/α-hetero) is 1. The lowest BCUT2D eigenvalue weighted by Gasteiger charge is -2.44. The molecule has 0 amide bonds. The fourth-order valence-electron chi connectivity index (χ4n) is 4.70. The van der Waals surface area contributed by atoms with Gasteiger partial charge in [-0.1, -0.05) is 36.4 Å². The number of aromatic nitrogens is 2. The number of piperidine rings is 3. The predicted molar refractivity (Wildman–Crippen MR) is 112 cm³/mol. The van der Waals surface area contributed by atoms with Gasteiger partial charge in [-0.2, -0.15) is 5.10 Å². The van der Waals surface area contributed by atoms with Crippen LogP contribution in [0.2, 0.25) is 0 Å². The molecule has 2 N–H and O–H groups in total. The summed E-state index contributed by atoms with van der Waals surface area (Å²) in [6.45, 7) is 3.25. The summed E-state index contributed by atoms with van der Waals surface area (Å²) in [4.78, 5) is 23.8. The largest absolute Gasteiger partial charge is 0.483 e. The number of nitrogens with one attached hydrogen (secondary N) is 1. The first kappa shape index (κ1) is 19.3. The third kappa shape index (κ3) is 4.07. The highest BCUT2D eigenvalue weighted by atomic mass is 16.3. The molecule has 3 aliphatic rings. The van der Waals surface area contributed by atoms with Gasteiger partial charge in [0.25, 0.3) is 6.47 Å². The number of carboxylic acid groups (broad SMARTS) is 1. The monoisotopic (exact) mass is 391 g/mol. The minimum Gasteiger partial charge on any atom is -0.483 e. The van der Waals surface area contributed by atoms with Crippen LogP contribution in [-0.2, 0) is 4.79 Å². The molecule has 2 bridgehead atoms. The van der Waals surface area contributed by atoms with Crippen LogP contribution in [0.15, 0.2) is 48.5 Å². The highest BCUT2D eigenvalue weighted by Crippen LogP contribution is 2.35. The molecule has 150 valence electrons. The van der Waals surface area contributed by atoms with Crippen LogP contribution in [0.5, 0.6) is 0 Å². The van der Waals surface area contributed by atoms with Crippen LogP contribution in [0.3, 0.4) is 0 Å². The first-order chi connectivity index (χ1) is 14.2. The average molecular weight is 391 g/mol. The number of ketones is 1. The Kier molecular flexibility index (Phi) is 5.71. The second kappa shape index (κ2) is 8.57. The molecule has 0 aliphatic carbocycles. The number of aromatic amines is 1. The first-order valence-electron chi connectivity index (χ1n) is 10.1. The van der Waals surface area contributed by atoms with Crippen molar-refractivity contribution in [2.24, 2.45) is 11.8 Å². The second-order valence-electron chi connectivity index (χ2n) is 7.83. The molecule has 6 nitrogen and oxygen atoms in total. The van der Waals surface area contributed by atoms with Gasteiger partial charge in [0, 0.05) is 18.4 Å². The Labute approximate surface area is 169 Å². The van der Waals surface area contributed by atoms with Crippen molar-refractivity contribution in [1.29, 1.82) is 0 Å². The summed E-state index contributed by atoms with van der Waals surface area (Å²) < 4.78 is 0.